The van der Waals surface area contributed by atoms with Gasteiger partial charge in [-0.3, -0.25) is 4.99 Å². The molecule has 1 heterocycles. The van der Waals surface area contributed by atoms with E-state index in [9.17, 15) is 4.39 Å². The SMILES string of the molecule is CN=C(NCCCc1c[nH]c2ccccc12)NCCc1cccc(F)c1. The Labute approximate surface area is 153 Å². The molecule has 26 heavy (non-hydrogen) atoms. The van der Waals surface area contributed by atoms with Gasteiger partial charge in [-0.15, -0.1) is 0 Å². The van der Waals surface area contributed by atoms with E-state index < -0.39 is 0 Å². The smallest absolute Gasteiger partial charge is 0.190 e. The molecule has 0 bridgehead atoms. The lowest BCUT2D eigenvalue weighted by atomic mass is 10.1. The summed E-state index contributed by atoms with van der Waals surface area (Å²) >= 11 is 0. The molecule has 2 aromatic carbocycles. The van der Waals surface area contributed by atoms with Gasteiger partial charge in [0.1, 0.15) is 5.82 Å². The van der Waals surface area contributed by atoms with Crippen LogP contribution in [0.1, 0.15) is 17.5 Å². The fourth-order valence-electron chi connectivity index (χ4n) is 3.06. The van der Waals surface area contributed by atoms with Crippen LogP contribution in [-0.2, 0) is 12.8 Å². The van der Waals surface area contributed by atoms with E-state index in [4.69, 9.17) is 0 Å². The van der Waals surface area contributed by atoms with Gasteiger partial charge >= 0.3 is 0 Å². The van der Waals surface area contributed by atoms with Crippen LogP contribution in [0.2, 0.25) is 0 Å². The molecule has 5 heteroatoms. The largest absolute Gasteiger partial charge is 0.361 e. The van der Waals surface area contributed by atoms with Crippen LogP contribution in [0.4, 0.5) is 4.39 Å². The Kier molecular flexibility index (Phi) is 6.25. The first-order valence-corrected chi connectivity index (χ1v) is 9.00. The predicted octanol–water partition coefficient (Wildman–Crippen LogP) is 3.65. The zero-order valence-electron chi connectivity index (χ0n) is 15.1. The first kappa shape index (κ1) is 18.0. The van der Waals surface area contributed by atoms with Crippen molar-refractivity contribution in [1.29, 1.82) is 0 Å². The number of fused-ring (bicyclic) bond motifs is 1. The Hall–Kier alpha value is -2.82. The van der Waals surface area contributed by atoms with Gasteiger partial charge in [-0.05, 0) is 48.6 Å². The summed E-state index contributed by atoms with van der Waals surface area (Å²) in [6.45, 7) is 1.56. The van der Waals surface area contributed by atoms with E-state index >= 15 is 0 Å². The van der Waals surface area contributed by atoms with Gasteiger partial charge in [-0.2, -0.15) is 0 Å². The van der Waals surface area contributed by atoms with Crippen LogP contribution in [0.3, 0.4) is 0 Å². The number of nitrogens with zero attached hydrogens (tertiary/aromatic N) is 1. The van der Waals surface area contributed by atoms with E-state index in [-0.39, 0.29) is 5.82 Å². The van der Waals surface area contributed by atoms with Gasteiger partial charge in [-0.25, -0.2) is 4.39 Å². The fraction of sp³-hybridized carbons (Fsp3) is 0.286. The summed E-state index contributed by atoms with van der Waals surface area (Å²) in [5.74, 6) is 0.586. The molecule has 0 radical (unpaired) electrons. The number of hydrogen-bond donors (Lipinski definition) is 3. The number of H-pyrrole nitrogens is 1. The number of aliphatic imine (C=N–C) groups is 1. The van der Waals surface area contributed by atoms with Crippen molar-refractivity contribution in [3.8, 4) is 0 Å². The van der Waals surface area contributed by atoms with Crippen molar-refractivity contribution in [2.45, 2.75) is 19.3 Å². The van der Waals surface area contributed by atoms with Crippen LogP contribution in [0.25, 0.3) is 10.9 Å². The van der Waals surface area contributed by atoms with E-state index in [0.717, 1.165) is 37.3 Å². The molecule has 1 aromatic heterocycles. The Morgan fingerprint density at radius 1 is 1.04 bits per heavy atom. The standard InChI is InChI=1S/C21H25FN4/c1-23-21(25-13-11-16-6-4-8-18(22)14-16)24-12-5-7-17-15-26-20-10-3-2-9-19(17)20/h2-4,6,8-10,14-15,26H,5,7,11-13H2,1H3,(H2,23,24,25). The molecule has 0 spiro atoms. The highest BCUT2D eigenvalue weighted by atomic mass is 19.1. The molecule has 0 saturated carbocycles. The summed E-state index contributed by atoms with van der Waals surface area (Å²) in [5, 5.41) is 7.90. The van der Waals surface area contributed by atoms with E-state index in [1.54, 1.807) is 19.2 Å². The summed E-state index contributed by atoms with van der Waals surface area (Å²) in [6.07, 6.45) is 4.88. The van der Waals surface area contributed by atoms with Crippen LogP contribution < -0.4 is 10.6 Å². The van der Waals surface area contributed by atoms with Gasteiger partial charge in [0.05, 0.1) is 0 Å². The normalized spacial score (nSPS) is 11.7. The average molecular weight is 352 g/mol. The van der Waals surface area contributed by atoms with Crippen molar-refractivity contribution < 1.29 is 4.39 Å². The summed E-state index contributed by atoms with van der Waals surface area (Å²) in [4.78, 5) is 7.55. The van der Waals surface area contributed by atoms with E-state index in [1.165, 1.54) is 22.5 Å². The summed E-state index contributed by atoms with van der Waals surface area (Å²) in [6, 6.07) is 15.1. The van der Waals surface area contributed by atoms with Crippen molar-refractivity contribution >= 4 is 16.9 Å². The number of aryl methyl sites for hydroxylation is 1. The van der Waals surface area contributed by atoms with Crippen molar-refractivity contribution in [3.63, 3.8) is 0 Å². The topological polar surface area (TPSA) is 52.2 Å². The van der Waals surface area contributed by atoms with Gasteiger partial charge < -0.3 is 15.6 Å². The highest BCUT2D eigenvalue weighted by Gasteiger charge is 2.03. The second kappa shape index (κ2) is 9.04. The van der Waals surface area contributed by atoms with Gasteiger partial charge in [-0.1, -0.05) is 30.3 Å². The minimum atomic E-state index is -0.192. The molecule has 0 amide bonds. The molecular weight excluding hydrogens is 327 g/mol. The molecule has 3 N–H and O–H groups in total. The van der Waals surface area contributed by atoms with Crippen LogP contribution in [-0.4, -0.2) is 31.1 Å². The van der Waals surface area contributed by atoms with Crippen molar-refractivity contribution in [1.82, 2.24) is 15.6 Å². The molecule has 0 saturated heterocycles. The number of benzene rings is 2. The van der Waals surface area contributed by atoms with Gasteiger partial charge in [0.25, 0.3) is 0 Å². The quantitative estimate of drug-likeness (QED) is 0.345. The van der Waals surface area contributed by atoms with Crippen molar-refractivity contribution in [2.24, 2.45) is 4.99 Å². The maximum Gasteiger partial charge on any atom is 0.190 e. The molecule has 3 aromatic rings. The number of hydrogen-bond acceptors (Lipinski definition) is 1. The summed E-state index contributed by atoms with van der Waals surface area (Å²) < 4.78 is 13.2. The molecule has 0 fully saturated rings. The molecule has 0 aliphatic rings. The van der Waals surface area contributed by atoms with Crippen LogP contribution in [0, 0.1) is 5.82 Å². The molecule has 0 atom stereocenters. The zero-order valence-corrected chi connectivity index (χ0v) is 15.1. The molecular formula is C21H25FN4. The number of guanidine groups is 1. The average Bonchev–Trinajstić information content (AvgIpc) is 3.07. The molecule has 3 rings (SSSR count). The molecule has 0 aliphatic heterocycles. The third-order valence-corrected chi connectivity index (χ3v) is 4.41. The lowest BCUT2D eigenvalue weighted by Crippen LogP contribution is -2.38. The van der Waals surface area contributed by atoms with E-state index in [2.05, 4.69) is 45.0 Å². The molecule has 0 aliphatic carbocycles. The zero-order chi connectivity index (χ0) is 18.2. The second-order valence-electron chi connectivity index (χ2n) is 6.27. The number of rotatable bonds is 7. The first-order valence-electron chi connectivity index (χ1n) is 9.00. The Morgan fingerprint density at radius 2 is 1.88 bits per heavy atom. The maximum absolute atomic E-state index is 13.2. The number of para-hydroxylation sites is 1. The van der Waals surface area contributed by atoms with Crippen molar-refractivity contribution in [2.75, 3.05) is 20.1 Å². The maximum atomic E-state index is 13.2. The Balaban J connectivity index is 1.39. The minimum absolute atomic E-state index is 0.192. The number of nitrogens with one attached hydrogen (secondary N) is 3. The monoisotopic (exact) mass is 352 g/mol. The Bertz CT molecular complexity index is 869. The summed E-state index contributed by atoms with van der Waals surface area (Å²) in [5.41, 5.74) is 3.51. The van der Waals surface area contributed by atoms with E-state index in [0.29, 0.717) is 6.54 Å². The lowest BCUT2D eigenvalue weighted by molar-refractivity contribution is 0.625. The first-order chi connectivity index (χ1) is 12.8. The highest BCUT2D eigenvalue weighted by Crippen LogP contribution is 2.18. The predicted molar refractivity (Wildman–Crippen MR) is 106 cm³/mol. The van der Waals surface area contributed by atoms with Crippen LogP contribution >= 0.6 is 0 Å². The Morgan fingerprint density at radius 3 is 2.73 bits per heavy atom. The van der Waals surface area contributed by atoms with Gasteiger partial charge in [0.2, 0.25) is 0 Å². The van der Waals surface area contributed by atoms with E-state index in [1.807, 2.05) is 12.1 Å². The number of halogens is 1. The van der Waals surface area contributed by atoms with Crippen LogP contribution in [0.5, 0.6) is 0 Å². The minimum Gasteiger partial charge on any atom is -0.361 e. The number of aromatic amines is 1. The summed E-state index contributed by atoms with van der Waals surface area (Å²) in [7, 11) is 1.76. The number of aromatic nitrogens is 1. The molecule has 0 unspecified atom stereocenters. The third kappa shape index (κ3) is 4.85. The molecule has 136 valence electrons. The van der Waals surface area contributed by atoms with Gasteiger partial charge in [0, 0.05) is 37.2 Å². The van der Waals surface area contributed by atoms with Gasteiger partial charge in [0.15, 0.2) is 5.96 Å². The molecule has 4 nitrogen and oxygen atoms in total. The highest BCUT2D eigenvalue weighted by molar-refractivity contribution is 5.83. The third-order valence-electron chi connectivity index (χ3n) is 4.41. The van der Waals surface area contributed by atoms with Crippen molar-refractivity contribution in [3.05, 3.63) is 71.7 Å². The fourth-order valence-corrected chi connectivity index (χ4v) is 3.06. The second-order valence-corrected chi connectivity index (χ2v) is 6.27. The van der Waals surface area contributed by atoms with Crippen LogP contribution in [0.15, 0.2) is 59.7 Å². The lowest BCUT2D eigenvalue weighted by Gasteiger charge is -2.12.